The summed E-state index contributed by atoms with van der Waals surface area (Å²) in [4.78, 5) is 2.14. The minimum Gasteiger partial charge on any atom is -0.387 e. The fourth-order valence-electron chi connectivity index (χ4n) is 0.878. The van der Waals surface area contributed by atoms with Gasteiger partial charge in [-0.05, 0) is 20.4 Å². The second-order valence-corrected chi connectivity index (χ2v) is 2.68. The van der Waals surface area contributed by atoms with Gasteiger partial charge in [0.25, 0.3) is 0 Å². The van der Waals surface area contributed by atoms with E-state index in [0.29, 0.717) is 12.6 Å². The van der Waals surface area contributed by atoms with Crippen LogP contribution in [-0.4, -0.2) is 29.9 Å². The van der Waals surface area contributed by atoms with Gasteiger partial charge in [-0.3, -0.25) is 10.3 Å². The molecule has 0 radical (unpaired) electrons. The van der Waals surface area contributed by atoms with Crippen LogP contribution < -0.4 is 5.73 Å². The molecule has 3 nitrogen and oxygen atoms in total. The molecule has 0 aromatic carbocycles. The Morgan fingerprint density at radius 1 is 1.60 bits per heavy atom. The molecule has 0 unspecified atom stereocenters. The first-order valence-electron chi connectivity index (χ1n) is 3.64. The molecular formula is C7H17N3. The fraction of sp³-hybridized carbons (Fsp3) is 0.857. The number of hydrogen-bond donors (Lipinski definition) is 2. The molecule has 0 aliphatic heterocycles. The summed E-state index contributed by atoms with van der Waals surface area (Å²) in [5, 5.41) is 7.06. The second kappa shape index (κ2) is 4.28. The molecule has 0 bridgehead atoms. The van der Waals surface area contributed by atoms with Crippen molar-refractivity contribution in [2.45, 2.75) is 26.8 Å². The predicted molar refractivity (Wildman–Crippen MR) is 44.3 cm³/mol. The number of nitrogens with two attached hydrogens (primary N) is 1. The van der Waals surface area contributed by atoms with Crippen molar-refractivity contribution >= 4 is 5.84 Å². The van der Waals surface area contributed by atoms with Crippen molar-refractivity contribution in [1.82, 2.24) is 4.90 Å². The van der Waals surface area contributed by atoms with Crippen molar-refractivity contribution in [3.05, 3.63) is 0 Å². The van der Waals surface area contributed by atoms with Gasteiger partial charge in [0.2, 0.25) is 0 Å². The monoisotopic (exact) mass is 143 g/mol. The van der Waals surface area contributed by atoms with E-state index in [0.717, 1.165) is 6.54 Å². The van der Waals surface area contributed by atoms with E-state index in [1.807, 2.05) is 0 Å². The summed E-state index contributed by atoms with van der Waals surface area (Å²) in [6, 6.07) is 0.480. The van der Waals surface area contributed by atoms with E-state index in [1.54, 1.807) is 0 Å². The van der Waals surface area contributed by atoms with Gasteiger partial charge in [0.15, 0.2) is 0 Å². The van der Waals surface area contributed by atoms with Gasteiger partial charge in [-0.15, -0.1) is 0 Å². The maximum atomic E-state index is 7.06. The zero-order valence-corrected chi connectivity index (χ0v) is 7.02. The summed E-state index contributed by atoms with van der Waals surface area (Å²) in [5.41, 5.74) is 5.25. The lowest BCUT2D eigenvalue weighted by Crippen LogP contribution is -2.37. The topological polar surface area (TPSA) is 53.1 Å². The first kappa shape index (κ1) is 9.43. The van der Waals surface area contributed by atoms with Crippen molar-refractivity contribution in [1.29, 1.82) is 5.41 Å². The van der Waals surface area contributed by atoms with E-state index >= 15 is 0 Å². The van der Waals surface area contributed by atoms with E-state index in [4.69, 9.17) is 11.1 Å². The lowest BCUT2D eigenvalue weighted by atomic mass is 10.3. The minimum absolute atomic E-state index is 0.246. The first-order valence-corrected chi connectivity index (χ1v) is 3.64. The molecule has 10 heavy (non-hydrogen) atoms. The molecule has 0 aromatic heterocycles. The second-order valence-electron chi connectivity index (χ2n) is 2.68. The minimum atomic E-state index is 0.246. The molecule has 0 aliphatic carbocycles. The fourth-order valence-corrected chi connectivity index (χ4v) is 0.878. The van der Waals surface area contributed by atoms with Crippen LogP contribution >= 0.6 is 0 Å². The summed E-state index contributed by atoms with van der Waals surface area (Å²) in [6.07, 6.45) is 0. The molecule has 0 aliphatic rings. The maximum Gasteiger partial charge on any atom is 0.105 e. The van der Waals surface area contributed by atoms with Crippen LogP contribution in [0, 0.1) is 5.41 Å². The van der Waals surface area contributed by atoms with Crippen LogP contribution in [0.1, 0.15) is 20.8 Å². The van der Waals surface area contributed by atoms with Gasteiger partial charge in [-0.1, -0.05) is 6.92 Å². The van der Waals surface area contributed by atoms with Crippen LogP contribution in [0.3, 0.4) is 0 Å². The molecule has 60 valence electrons. The van der Waals surface area contributed by atoms with E-state index in [9.17, 15) is 0 Å². The third-order valence-electron chi connectivity index (χ3n) is 1.51. The van der Waals surface area contributed by atoms with Gasteiger partial charge in [-0.25, -0.2) is 0 Å². The van der Waals surface area contributed by atoms with Gasteiger partial charge < -0.3 is 5.73 Å². The zero-order valence-electron chi connectivity index (χ0n) is 7.02. The number of nitrogens with one attached hydrogen (secondary N) is 1. The van der Waals surface area contributed by atoms with Crippen molar-refractivity contribution in [2.75, 3.05) is 13.1 Å². The van der Waals surface area contributed by atoms with Crippen LogP contribution in [0.2, 0.25) is 0 Å². The highest BCUT2D eigenvalue weighted by Gasteiger charge is 2.06. The van der Waals surface area contributed by atoms with Crippen LogP contribution in [0.5, 0.6) is 0 Å². The van der Waals surface area contributed by atoms with E-state index < -0.39 is 0 Å². The Balaban J connectivity index is 3.71. The summed E-state index contributed by atoms with van der Waals surface area (Å²) in [7, 11) is 0. The average molecular weight is 143 g/mol. The standard InChI is InChI=1S/C7H17N3/c1-4-10(6(2)3)5-7(8)9/h6H,4-5H2,1-3H3,(H3,8,9). The highest BCUT2D eigenvalue weighted by atomic mass is 15.2. The van der Waals surface area contributed by atoms with Crippen LogP contribution in [0.15, 0.2) is 0 Å². The van der Waals surface area contributed by atoms with Gasteiger partial charge in [-0.2, -0.15) is 0 Å². The van der Waals surface area contributed by atoms with Crippen LogP contribution in [0.25, 0.3) is 0 Å². The predicted octanol–water partition coefficient (Wildman–Crippen LogP) is 0.653. The molecule has 3 N–H and O–H groups in total. The number of nitrogens with zero attached hydrogens (tertiary/aromatic N) is 1. The number of amidine groups is 1. The van der Waals surface area contributed by atoms with Crippen molar-refractivity contribution in [2.24, 2.45) is 5.73 Å². The molecule has 0 aromatic rings. The largest absolute Gasteiger partial charge is 0.387 e. The first-order chi connectivity index (χ1) is 4.57. The van der Waals surface area contributed by atoms with Crippen LogP contribution in [-0.2, 0) is 0 Å². The number of rotatable bonds is 4. The highest BCUT2D eigenvalue weighted by molar-refractivity contribution is 5.78. The summed E-state index contributed by atoms with van der Waals surface area (Å²) in [5.74, 6) is 0.246. The molecular weight excluding hydrogens is 126 g/mol. The normalized spacial score (nSPS) is 10.9. The molecule has 3 heteroatoms. The summed E-state index contributed by atoms with van der Waals surface area (Å²) in [6.45, 7) is 7.83. The Hall–Kier alpha value is -0.570. The molecule has 0 heterocycles. The summed E-state index contributed by atoms with van der Waals surface area (Å²) < 4.78 is 0. The zero-order chi connectivity index (χ0) is 8.15. The Morgan fingerprint density at radius 3 is 2.20 bits per heavy atom. The Labute approximate surface area is 62.7 Å². The number of hydrogen-bond acceptors (Lipinski definition) is 2. The van der Waals surface area contributed by atoms with Gasteiger partial charge in [0.05, 0.1) is 6.54 Å². The number of likely N-dealkylation sites (N-methyl/N-ethyl adjacent to an activating group) is 1. The smallest absolute Gasteiger partial charge is 0.105 e. The van der Waals surface area contributed by atoms with Gasteiger partial charge in [0, 0.05) is 6.04 Å². The molecule has 0 atom stereocenters. The van der Waals surface area contributed by atoms with Crippen molar-refractivity contribution in [3.63, 3.8) is 0 Å². The van der Waals surface area contributed by atoms with Crippen LogP contribution in [0.4, 0.5) is 0 Å². The Bertz CT molecular complexity index is 109. The van der Waals surface area contributed by atoms with E-state index in [1.165, 1.54) is 0 Å². The molecule has 0 spiro atoms. The maximum absolute atomic E-state index is 7.06. The van der Waals surface area contributed by atoms with Gasteiger partial charge >= 0.3 is 0 Å². The third kappa shape index (κ3) is 3.45. The van der Waals surface area contributed by atoms with Gasteiger partial charge in [0.1, 0.15) is 5.84 Å². The molecule has 0 saturated carbocycles. The Morgan fingerprint density at radius 2 is 2.10 bits per heavy atom. The molecule has 0 rings (SSSR count). The SMILES string of the molecule is CCN(CC(=N)N)C(C)C. The third-order valence-corrected chi connectivity index (χ3v) is 1.51. The Kier molecular flexibility index (Phi) is 4.03. The lowest BCUT2D eigenvalue weighted by Gasteiger charge is -2.23. The van der Waals surface area contributed by atoms with E-state index in [-0.39, 0.29) is 5.84 Å². The van der Waals surface area contributed by atoms with E-state index in [2.05, 4.69) is 25.7 Å². The summed E-state index contributed by atoms with van der Waals surface area (Å²) >= 11 is 0. The molecule has 0 saturated heterocycles. The highest BCUT2D eigenvalue weighted by Crippen LogP contribution is 1.94. The van der Waals surface area contributed by atoms with Crippen molar-refractivity contribution < 1.29 is 0 Å². The molecule has 0 fully saturated rings. The lowest BCUT2D eigenvalue weighted by molar-refractivity contribution is 0.266. The quantitative estimate of drug-likeness (QED) is 0.448. The van der Waals surface area contributed by atoms with Crippen molar-refractivity contribution in [3.8, 4) is 0 Å². The average Bonchev–Trinajstić information content (AvgIpc) is 1.81. The molecule has 0 amide bonds.